The highest BCUT2D eigenvalue weighted by molar-refractivity contribution is 6.30. The van der Waals surface area contributed by atoms with Gasteiger partial charge >= 0.3 is 6.18 Å². The summed E-state index contributed by atoms with van der Waals surface area (Å²) < 4.78 is 41.5. The van der Waals surface area contributed by atoms with E-state index in [0.717, 1.165) is 6.20 Å². The van der Waals surface area contributed by atoms with Crippen LogP contribution in [0.15, 0.2) is 54.7 Å². The van der Waals surface area contributed by atoms with Crippen molar-refractivity contribution in [1.82, 2.24) is 15.1 Å². The van der Waals surface area contributed by atoms with Crippen LogP contribution in [0.1, 0.15) is 21.6 Å². The maximum absolute atomic E-state index is 13.6. The maximum Gasteiger partial charge on any atom is 0.434 e. The van der Waals surface area contributed by atoms with Gasteiger partial charge in [0.15, 0.2) is 5.69 Å². The summed E-state index contributed by atoms with van der Waals surface area (Å²) in [5.74, 6) is -1.01. The molecule has 1 N–H and O–H groups in total. The first-order chi connectivity index (χ1) is 13.7. The number of hydrogen-bond acceptors (Lipinski definition) is 4. The number of alkyl halides is 3. The normalized spacial score (nSPS) is 11.3. The van der Waals surface area contributed by atoms with Crippen LogP contribution in [-0.2, 0) is 12.7 Å². The monoisotopic (exact) mass is 424 g/mol. The van der Waals surface area contributed by atoms with Crippen LogP contribution in [-0.4, -0.2) is 20.6 Å². The van der Waals surface area contributed by atoms with Gasteiger partial charge in [0.05, 0.1) is 22.4 Å². The molecule has 0 bridgehead atoms. The van der Waals surface area contributed by atoms with Gasteiger partial charge in [-0.3, -0.25) is 14.9 Å². The predicted molar refractivity (Wildman–Crippen MR) is 97.8 cm³/mol. The molecule has 0 aliphatic rings. The van der Waals surface area contributed by atoms with E-state index < -0.39 is 28.3 Å². The SMILES string of the molecule is O=C(NCc1cccc([N+](=O)[O-])c1)c1cnn(-c2ccc(Cl)cc2)c1C(F)(F)F. The van der Waals surface area contributed by atoms with Crippen molar-refractivity contribution in [1.29, 1.82) is 0 Å². The molecule has 2 aromatic carbocycles. The number of nitro groups is 1. The van der Waals surface area contributed by atoms with E-state index in [9.17, 15) is 28.1 Å². The van der Waals surface area contributed by atoms with Crippen molar-refractivity contribution in [3.05, 3.63) is 86.7 Å². The van der Waals surface area contributed by atoms with Crippen molar-refractivity contribution in [2.45, 2.75) is 12.7 Å². The number of nitro benzene ring substituents is 1. The molecule has 0 saturated heterocycles. The smallest absolute Gasteiger partial charge is 0.348 e. The average Bonchev–Trinajstić information content (AvgIpc) is 3.12. The van der Waals surface area contributed by atoms with Gasteiger partial charge in [0, 0.05) is 23.7 Å². The summed E-state index contributed by atoms with van der Waals surface area (Å²) in [6, 6.07) is 10.9. The Morgan fingerprint density at radius 1 is 1.21 bits per heavy atom. The second-order valence-corrected chi connectivity index (χ2v) is 6.34. The fourth-order valence-electron chi connectivity index (χ4n) is 2.62. The molecule has 0 radical (unpaired) electrons. The largest absolute Gasteiger partial charge is 0.434 e. The molecule has 1 aromatic heterocycles. The molecule has 11 heteroatoms. The Bertz CT molecular complexity index is 1060. The molecule has 0 aliphatic heterocycles. The number of halogens is 4. The molecule has 1 heterocycles. The van der Waals surface area contributed by atoms with Gasteiger partial charge in [-0.2, -0.15) is 18.3 Å². The summed E-state index contributed by atoms with van der Waals surface area (Å²) in [7, 11) is 0. The highest BCUT2D eigenvalue weighted by Crippen LogP contribution is 2.34. The van der Waals surface area contributed by atoms with E-state index in [1.165, 1.54) is 48.5 Å². The van der Waals surface area contributed by atoms with Gasteiger partial charge in [0.25, 0.3) is 11.6 Å². The Morgan fingerprint density at radius 2 is 1.90 bits per heavy atom. The lowest BCUT2D eigenvalue weighted by Gasteiger charge is -2.13. The van der Waals surface area contributed by atoms with Gasteiger partial charge in [-0.25, -0.2) is 4.68 Å². The molecular weight excluding hydrogens is 413 g/mol. The Labute approximate surface area is 166 Å². The first-order valence-electron chi connectivity index (χ1n) is 8.09. The summed E-state index contributed by atoms with van der Waals surface area (Å²) in [6.07, 6.45) is -4.03. The van der Waals surface area contributed by atoms with Crippen molar-refractivity contribution in [2.75, 3.05) is 0 Å². The minimum Gasteiger partial charge on any atom is -0.348 e. The molecule has 1 amide bonds. The number of nitrogens with zero attached hydrogens (tertiary/aromatic N) is 3. The first-order valence-corrected chi connectivity index (χ1v) is 8.47. The summed E-state index contributed by atoms with van der Waals surface area (Å²) in [5.41, 5.74) is -1.65. The Hall–Kier alpha value is -3.40. The molecule has 0 saturated carbocycles. The van der Waals surface area contributed by atoms with Crippen LogP contribution in [0.4, 0.5) is 18.9 Å². The van der Waals surface area contributed by atoms with E-state index in [2.05, 4.69) is 10.4 Å². The topological polar surface area (TPSA) is 90.1 Å². The van der Waals surface area contributed by atoms with Crippen LogP contribution in [0.25, 0.3) is 5.69 Å². The van der Waals surface area contributed by atoms with E-state index in [-0.39, 0.29) is 17.9 Å². The predicted octanol–water partition coefficient (Wildman–Crippen LogP) is 4.38. The number of amides is 1. The van der Waals surface area contributed by atoms with Gasteiger partial charge in [-0.1, -0.05) is 23.7 Å². The third-order valence-corrected chi connectivity index (χ3v) is 4.18. The Morgan fingerprint density at radius 3 is 2.52 bits per heavy atom. The fourth-order valence-corrected chi connectivity index (χ4v) is 2.75. The van der Waals surface area contributed by atoms with Crippen LogP contribution in [0.5, 0.6) is 0 Å². The van der Waals surface area contributed by atoms with Crippen molar-refractivity contribution in [2.24, 2.45) is 0 Å². The molecule has 3 rings (SSSR count). The lowest BCUT2D eigenvalue weighted by molar-refractivity contribution is -0.384. The van der Waals surface area contributed by atoms with E-state index >= 15 is 0 Å². The first kappa shape index (κ1) is 20.3. The summed E-state index contributed by atoms with van der Waals surface area (Å²) in [5, 5.41) is 17.2. The van der Waals surface area contributed by atoms with Crippen LogP contribution >= 0.6 is 11.6 Å². The van der Waals surface area contributed by atoms with Crippen molar-refractivity contribution in [3.8, 4) is 5.69 Å². The number of carbonyl (C=O) groups is 1. The molecule has 0 atom stereocenters. The number of nitrogens with one attached hydrogen (secondary N) is 1. The quantitative estimate of drug-likeness (QED) is 0.486. The van der Waals surface area contributed by atoms with E-state index in [4.69, 9.17) is 11.6 Å². The van der Waals surface area contributed by atoms with Gasteiger partial charge < -0.3 is 5.32 Å². The number of rotatable bonds is 5. The standard InChI is InChI=1S/C18H12ClF3N4O3/c19-12-4-6-13(7-5-12)25-16(18(20,21)22)15(10-24-25)17(27)23-9-11-2-1-3-14(8-11)26(28)29/h1-8,10H,9H2,(H,23,27). The molecule has 0 unspecified atom stereocenters. The van der Waals surface area contributed by atoms with Crippen LogP contribution in [0.2, 0.25) is 5.02 Å². The van der Waals surface area contributed by atoms with Gasteiger partial charge in [0.1, 0.15) is 0 Å². The average molecular weight is 425 g/mol. The highest BCUT2D eigenvalue weighted by atomic mass is 35.5. The van der Waals surface area contributed by atoms with Crippen LogP contribution < -0.4 is 5.32 Å². The van der Waals surface area contributed by atoms with Crippen molar-refractivity contribution in [3.63, 3.8) is 0 Å². The second-order valence-electron chi connectivity index (χ2n) is 5.90. The molecule has 0 spiro atoms. The fraction of sp³-hybridized carbons (Fsp3) is 0.111. The third kappa shape index (κ3) is 4.54. The van der Waals surface area contributed by atoms with E-state index in [1.807, 2.05) is 0 Å². The lowest BCUT2D eigenvalue weighted by Crippen LogP contribution is -2.26. The molecule has 3 aromatic rings. The lowest BCUT2D eigenvalue weighted by atomic mass is 10.2. The minimum atomic E-state index is -4.85. The zero-order chi connectivity index (χ0) is 21.2. The van der Waals surface area contributed by atoms with Crippen LogP contribution in [0, 0.1) is 10.1 Å². The Kier molecular flexibility index (Phi) is 5.55. The summed E-state index contributed by atoms with van der Waals surface area (Å²) >= 11 is 5.76. The minimum absolute atomic E-state index is 0.0828. The zero-order valence-corrected chi connectivity index (χ0v) is 15.2. The Balaban J connectivity index is 1.88. The number of benzene rings is 2. The zero-order valence-electron chi connectivity index (χ0n) is 14.5. The number of non-ortho nitro benzene ring substituents is 1. The number of hydrogen-bond donors (Lipinski definition) is 1. The molecule has 7 nitrogen and oxygen atoms in total. The highest BCUT2D eigenvalue weighted by Gasteiger charge is 2.40. The molecule has 29 heavy (non-hydrogen) atoms. The third-order valence-electron chi connectivity index (χ3n) is 3.93. The molecule has 0 aliphatic carbocycles. The van der Waals surface area contributed by atoms with Gasteiger partial charge in [0.2, 0.25) is 0 Å². The molecule has 150 valence electrons. The maximum atomic E-state index is 13.6. The van der Waals surface area contributed by atoms with Crippen molar-refractivity contribution >= 4 is 23.2 Å². The molecular formula is C18H12ClF3N4O3. The second kappa shape index (κ2) is 7.92. The summed E-state index contributed by atoms with van der Waals surface area (Å²) in [6.45, 7) is -0.191. The van der Waals surface area contributed by atoms with Gasteiger partial charge in [-0.05, 0) is 29.8 Å². The van der Waals surface area contributed by atoms with Gasteiger partial charge in [-0.15, -0.1) is 0 Å². The molecule has 0 fully saturated rings. The number of aromatic nitrogens is 2. The van der Waals surface area contributed by atoms with E-state index in [1.54, 1.807) is 0 Å². The number of carbonyl (C=O) groups excluding carboxylic acids is 1. The van der Waals surface area contributed by atoms with Crippen LogP contribution in [0.3, 0.4) is 0 Å². The summed E-state index contributed by atoms with van der Waals surface area (Å²) in [4.78, 5) is 22.6. The van der Waals surface area contributed by atoms with E-state index in [0.29, 0.717) is 15.3 Å². The van der Waals surface area contributed by atoms with Crippen molar-refractivity contribution < 1.29 is 22.9 Å².